The maximum atomic E-state index is 14.5. The topological polar surface area (TPSA) is 69.5 Å². The van der Waals surface area contributed by atoms with E-state index in [9.17, 15) is 23.2 Å². The van der Waals surface area contributed by atoms with Gasteiger partial charge < -0.3 is 4.74 Å². The normalized spacial score (nSPS) is 16.5. The molecule has 4 rings (SSSR count). The lowest BCUT2D eigenvalue weighted by Gasteiger charge is -2.21. The van der Waals surface area contributed by atoms with E-state index in [4.69, 9.17) is 0 Å². The molecule has 1 atom stereocenters. The van der Waals surface area contributed by atoms with Gasteiger partial charge in [0, 0.05) is 23.0 Å². The number of hydrogen-bond donors (Lipinski definition) is 0. The Labute approximate surface area is 163 Å². The average Bonchev–Trinajstić information content (AvgIpc) is 3.03. The zero-order valence-corrected chi connectivity index (χ0v) is 14.8. The molecule has 9 heteroatoms. The molecule has 146 valence electrons. The van der Waals surface area contributed by atoms with Crippen LogP contribution in [0.3, 0.4) is 0 Å². The molecular weight excluding hydrogens is 385 g/mol. The molecule has 1 fully saturated rings. The Morgan fingerprint density at radius 2 is 1.97 bits per heavy atom. The van der Waals surface area contributed by atoms with Gasteiger partial charge in [-0.3, -0.25) is 14.8 Å². The molecule has 1 aromatic heterocycles. The lowest BCUT2D eigenvalue weighted by molar-refractivity contribution is -0.0499. The maximum Gasteiger partial charge on any atom is 0.387 e. The molecule has 0 saturated carbocycles. The number of fused-ring (bicyclic) bond motifs is 1. The average molecular weight is 398 g/mol. The van der Waals surface area contributed by atoms with E-state index in [1.54, 1.807) is 18.3 Å². The minimum absolute atomic E-state index is 0.0927. The molecule has 6 nitrogen and oxygen atoms in total. The number of amides is 2. The molecule has 3 aromatic rings. The third kappa shape index (κ3) is 3.29. The summed E-state index contributed by atoms with van der Waals surface area (Å²) in [6.07, 6.45) is 3.12. The van der Waals surface area contributed by atoms with E-state index in [2.05, 4.69) is 15.8 Å². The summed E-state index contributed by atoms with van der Waals surface area (Å²) in [5.74, 6) is -1.27. The molecule has 0 aliphatic carbocycles. The Morgan fingerprint density at radius 1 is 1.17 bits per heavy atom. The summed E-state index contributed by atoms with van der Waals surface area (Å²) in [5, 5.41) is 11.1. The van der Waals surface area contributed by atoms with Crippen LogP contribution >= 0.6 is 0 Å². The summed E-state index contributed by atoms with van der Waals surface area (Å²) in [6.45, 7) is -3.18. The molecule has 2 heterocycles. The Morgan fingerprint density at radius 3 is 2.69 bits per heavy atom. The Bertz CT molecular complexity index is 1130. The number of urea groups is 1. The van der Waals surface area contributed by atoms with E-state index in [0.717, 1.165) is 27.8 Å². The number of rotatable bonds is 4. The fourth-order valence-electron chi connectivity index (χ4n) is 3.34. The van der Waals surface area contributed by atoms with Crippen LogP contribution in [-0.2, 0) is 0 Å². The van der Waals surface area contributed by atoms with Crippen LogP contribution < -0.4 is 14.5 Å². The summed E-state index contributed by atoms with van der Waals surface area (Å²) in [6, 6.07) is 10.9. The minimum Gasteiger partial charge on any atom is -0.435 e. The summed E-state index contributed by atoms with van der Waals surface area (Å²) in [5.41, 5.74) is 0.299. The number of pyridine rings is 1. The van der Waals surface area contributed by atoms with E-state index in [1.807, 2.05) is 12.1 Å². The van der Waals surface area contributed by atoms with Crippen molar-refractivity contribution in [3.05, 3.63) is 60.7 Å². The van der Waals surface area contributed by atoms with Gasteiger partial charge in [0.05, 0.1) is 30.2 Å². The zero-order chi connectivity index (χ0) is 20.5. The van der Waals surface area contributed by atoms with Gasteiger partial charge in [0.15, 0.2) is 5.82 Å². The molecule has 1 saturated heterocycles. The maximum absolute atomic E-state index is 14.5. The molecule has 1 unspecified atom stereocenters. The number of carbonyl (C=O) groups is 1. The summed E-state index contributed by atoms with van der Waals surface area (Å²) in [7, 11) is 0. The van der Waals surface area contributed by atoms with Gasteiger partial charge in [-0.2, -0.15) is 14.0 Å². The third-order valence-corrected chi connectivity index (χ3v) is 4.60. The lowest BCUT2D eigenvalue weighted by Crippen LogP contribution is -2.35. The second kappa shape index (κ2) is 7.31. The number of benzene rings is 2. The first-order valence-electron chi connectivity index (χ1n) is 8.57. The Hall–Kier alpha value is -3.80. The molecule has 29 heavy (non-hydrogen) atoms. The van der Waals surface area contributed by atoms with E-state index in [0.29, 0.717) is 5.69 Å². The first-order chi connectivity index (χ1) is 14.0. The summed E-state index contributed by atoms with van der Waals surface area (Å²) >= 11 is 0. The van der Waals surface area contributed by atoms with Crippen LogP contribution in [-0.4, -0.2) is 30.2 Å². The fourth-order valence-corrected chi connectivity index (χ4v) is 3.34. The standard InChI is InChI=1S/C20H13F3N4O2/c21-16-7-14(29-19(22)23)5-6-17(16)26-11-13(8-24)27(20(26)28)18-10-25-9-12-3-1-2-4-15(12)18/h1-7,9-10,13,19H,11H2. The quantitative estimate of drug-likeness (QED) is 0.657. The molecule has 0 spiro atoms. The van der Waals surface area contributed by atoms with Gasteiger partial charge in [0.1, 0.15) is 11.8 Å². The molecule has 0 radical (unpaired) electrons. The smallest absolute Gasteiger partial charge is 0.387 e. The van der Waals surface area contributed by atoms with Crippen molar-refractivity contribution in [3.63, 3.8) is 0 Å². The number of alkyl halides is 2. The molecule has 0 bridgehead atoms. The van der Waals surface area contributed by atoms with Crippen molar-refractivity contribution in [2.24, 2.45) is 0 Å². The van der Waals surface area contributed by atoms with Gasteiger partial charge in [-0.25, -0.2) is 9.18 Å². The lowest BCUT2D eigenvalue weighted by atomic mass is 10.1. The van der Waals surface area contributed by atoms with Crippen LogP contribution in [0.5, 0.6) is 5.75 Å². The number of nitriles is 1. The highest BCUT2D eigenvalue weighted by Crippen LogP contribution is 2.34. The second-order valence-electron chi connectivity index (χ2n) is 6.28. The predicted octanol–water partition coefficient (Wildman–Crippen LogP) is 4.31. The van der Waals surface area contributed by atoms with E-state index < -0.39 is 24.5 Å². The highest BCUT2D eigenvalue weighted by atomic mass is 19.3. The molecule has 1 aliphatic rings. The van der Waals surface area contributed by atoms with Crippen molar-refractivity contribution in [3.8, 4) is 11.8 Å². The molecule has 1 aliphatic heterocycles. The SMILES string of the molecule is N#CC1CN(c2ccc(OC(F)F)cc2F)C(=O)N1c1cncc2ccccc12. The highest BCUT2D eigenvalue weighted by molar-refractivity contribution is 6.11. The van der Waals surface area contributed by atoms with E-state index in [-0.39, 0.29) is 18.0 Å². The van der Waals surface area contributed by atoms with Crippen molar-refractivity contribution in [1.82, 2.24) is 4.98 Å². The van der Waals surface area contributed by atoms with E-state index >= 15 is 0 Å². The Balaban J connectivity index is 1.73. The van der Waals surface area contributed by atoms with Crippen molar-refractivity contribution in [2.45, 2.75) is 12.7 Å². The summed E-state index contributed by atoms with van der Waals surface area (Å²) in [4.78, 5) is 19.6. The molecule has 2 amide bonds. The first kappa shape index (κ1) is 18.6. The van der Waals surface area contributed by atoms with Gasteiger partial charge in [-0.05, 0) is 12.1 Å². The number of ether oxygens (including phenoxy) is 1. The van der Waals surface area contributed by atoms with Gasteiger partial charge >= 0.3 is 12.6 Å². The number of aromatic nitrogens is 1. The summed E-state index contributed by atoms with van der Waals surface area (Å²) < 4.78 is 43.3. The molecular formula is C20H13F3N4O2. The van der Waals surface area contributed by atoms with Crippen molar-refractivity contribution in [2.75, 3.05) is 16.3 Å². The van der Waals surface area contributed by atoms with Crippen LogP contribution in [0, 0.1) is 17.1 Å². The molecule has 2 aromatic carbocycles. The van der Waals surface area contributed by atoms with Crippen molar-refractivity contribution < 1.29 is 22.7 Å². The number of hydrogen-bond acceptors (Lipinski definition) is 4. The van der Waals surface area contributed by atoms with Crippen LogP contribution in [0.2, 0.25) is 0 Å². The third-order valence-electron chi connectivity index (χ3n) is 4.60. The predicted molar refractivity (Wildman–Crippen MR) is 99.4 cm³/mol. The molecule has 0 N–H and O–H groups in total. The fraction of sp³-hybridized carbons (Fsp3) is 0.150. The number of carbonyl (C=O) groups excluding carboxylic acids is 1. The highest BCUT2D eigenvalue weighted by Gasteiger charge is 2.41. The minimum atomic E-state index is -3.09. The number of anilines is 2. The van der Waals surface area contributed by atoms with E-state index in [1.165, 1.54) is 17.2 Å². The van der Waals surface area contributed by atoms with Crippen LogP contribution in [0.1, 0.15) is 0 Å². The second-order valence-corrected chi connectivity index (χ2v) is 6.28. The van der Waals surface area contributed by atoms with Crippen LogP contribution in [0.4, 0.5) is 29.3 Å². The van der Waals surface area contributed by atoms with Gasteiger partial charge in [-0.15, -0.1) is 0 Å². The van der Waals surface area contributed by atoms with Crippen LogP contribution in [0.25, 0.3) is 10.8 Å². The van der Waals surface area contributed by atoms with Gasteiger partial charge in [0.2, 0.25) is 0 Å². The monoisotopic (exact) mass is 398 g/mol. The number of halogens is 3. The van der Waals surface area contributed by atoms with Gasteiger partial charge in [-0.1, -0.05) is 24.3 Å². The largest absolute Gasteiger partial charge is 0.435 e. The van der Waals surface area contributed by atoms with Crippen molar-refractivity contribution >= 4 is 28.2 Å². The van der Waals surface area contributed by atoms with Gasteiger partial charge in [0.25, 0.3) is 0 Å². The Kier molecular flexibility index (Phi) is 4.68. The van der Waals surface area contributed by atoms with Crippen LogP contribution in [0.15, 0.2) is 54.9 Å². The van der Waals surface area contributed by atoms with Crippen molar-refractivity contribution in [1.29, 1.82) is 5.26 Å². The number of nitrogens with zero attached hydrogens (tertiary/aromatic N) is 4. The zero-order valence-electron chi connectivity index (χ0n) is 14.8. The first-order valence-corrected chi connectivity index (χ1v) is 8.57.